The van der Waals surface area contributed by atoms with Gasteiger partial charge in [-0.15, -0.1) is 0 Å². The van der Waals surface area contributed by atoms with Gasteiger partial charge in [0.05, 0.1) is 25.9 Å². The molecule has 0 aliphatic carbocycles. The van der Waals surface area contributed by atoms with Crippen molar-refractivity contribution in [2.75, 3.05) is 40.0 Å². The molecule has 1 unspecified atom stereocenters. The van der Waals surface area contributed by atoms with Crippen molar-refractivity contribution in [1.82, 2.24) is 10.2 Å². The molecule has 1 aliphatic heterocycles. The minimum atomic E-state index is 0.139. The Morgan fingerprint density at radius 3 is 2.94 bits per heavy atom. The molecule has 17 heavy (non-hydrogen) atoms. The van der Waals surface area contributed by atoms with E-state index in [4.69, 9.17) is 9.47 Å². The van der Waals surface area contributed by atoms with E-state index >= 15 is 0 Å². The normalized spacial score (nSPS) is 20.6. The van der Waals surface area contributed by atoms with Gasteiger partial charge in [0.2, 0.25) is 5.91 Å². The Bertz CT molecular complexity index is 228. The predicted octanol–water partition coefficient (Wildman–Crippen LogP) is 0.248. The molecule has 0 radical (unpaired) electrons. The molecule has 0 aromatic carbocycles. The monoisotopic (exact) mass is 244 g/mol. The molecular formula is C12H24N2O3. The van der Waals surface area contributed by atoms with Crippen LogP contribution in [0.5, 0.6) is 0 Å². The van der Waals surface area contributed by atoms with E-state index in [1.54, 1.807) is 4.90 Å². The average molecular weight is 244 g/mol. The van der Waals surface area contributed by atoms with Gasteiger partial charge in [0.15, 0.2) is 0 Å². The maximum absolute atomic E-state index is 11.9. The largest absolute Gasteiger partial charge is 0.378 e. The standard InChI is InChI=1S/C12H24N2O3/c1-10(2)17-7-5-14(3)12(15)8-11-9-16-6-4-13-11/h10-11,13H,4-9H2,1-3H3. The second-order valence-corrected chi connectivity index (χ2v) is 4.66. The molecule has 1 N–H and O–H groups in total. The van der Waals surface area contributed by atoms with Gasteiger partial charge in [-0.3, -0.25) is 4.79 Å². The predicted molar refractivity (Wildman–Crippen MR) is 66.0 cm³/mol. The summed E-state index contributed by atoms with van der Waals surface area (Å²) in [6, 6.07) is 0.157. The topological polar surface area (TPSA) is 50.8 Å². The highest BCUT2D eigenvalue weighted by molar-refractivity contribution is 5.76. The van der Waals surface area contributed by atoms with Gasteiger partial charge >= 0.3 is 0 Å². The summed E-state index contributed by atoms with van der Waals surface area (Å²) in [4.78, 5) is 13.6. The van der Waals surface area contributed by atoms with Gasteiger partial charge in [0.25, 0.3) is 0 Å². The van der Waals surface area contributed by atoms with Crippen molar-refractivity contribution in [2.24, 2.45) is 0 Å². The van der Waals surface area contributed by atoms with Crippen LogP contribution >= 0.6 is 0 Å². The molecule has 0 saturated carbocycles. The van der Waals surface area contributed by atoms with Gasteiger partial charge in [-0.05, 0) is 13.8 Å². The van der Waals surface area contributed by atoms with Gasteiger partial charge in [-0.2, -0.15) is 0 Å². The van der Waals surface area contributed by atoms with E-state index in [0.29, 0.717) is 26.2 Å². The van der Waals surface area contributed by atoms with Crippen molar-refractivity contribution in [3.8, 4) is 0 Å². The lowest BCUT2D eigenvalue weighted by atomic mass is 10.2. The molecule has 1 heterocycles. The number of amides is 1. The molecule has 5 nitrogen and oxygen atoms in total. The van der Waals surface area contributed by atoms with Crippen molar-refractivity contribution in [1.29, 1.82) is 0 Å². The third-order valence-corrected chi connectivity index (χ3v) is 2.72. The highest BCUT2D eigenvalue weighted by atomic mass is 16.5. The first-order chi connectivity index (χ1) is 8.09. The lowest BCUT2D eigenvalue weighted by Crippen LogP contribution is -2.45. The number of rotatable bonds is 6. The Labute approximate surface area is 103 Å². The van der Waals surface area contributed by atoms with Gasteiger partial charge < -0.3 is 19.7 Å². The zero-order chi connectivity index (χ0) is 12.7. The summed E-state index contributed by atoms with van der Waals surface area (Å²) in [6.45, 7) is 7.41. The molecule has 1 amide bonds. The molecule has 0 bridgehead atoms. The second-order valence-electron chi connectivity index (χ2n) is 4.66. The lowest BCUT2D eigenvalue weighted by molar-refractivity contribution is -0.132. The average Bonchev–Trinajstić information content (AvgIpc) is 2.29. The van der Waals surface area contributed by atoms with Crippen LogP contribution in [0.2, 0.25) is 0 Å². The maximum Gasteiger partial charge on any atom is 0.224 e. The van der Waals surface area contributed by atoms with E-state index in [9.17, 15) is 4.79 Å². The van der Waals surface area contributed by atoms with E-state index in [1.807, 2.05) is 20.9 Å². The smallest absolute Gasteiger partial charge is 0.224 e. The number of carbonyl (C=O) groups excluding carboxylic acids is 1. The number of nitrogens with zero attached hydrogens (tertiary/aromatic N) is 1. The van der Waals surface area contributed by atoms with Crippen molar-refractivity contribution >= 4 is 5.91 Å². The third-order valence-electron chi connectivity index (χ3n) is 2.72. The molecule has 1 atom stereocenters. The summed E-state index contributed by atoms with van der Waals surface area (Å²) >= 11 is 0. The molecule has 1 aliphatic rings. The lowest BCUT2D eigenvalue weighted by Gasteiger charge is -2.25. The third kappa shape index (κ3) is 6.00. The Hall–Kier alpha value is -0.650. The number of likely N-dealkylation sites (N-methyl/N-ethyl adjacent to an activating group) is 1. The van der Waals surface area contributed by atoms with Crippen LogP contribution in [0.1, 0.15) is 20.3 Å². The van der Waals surface area contributed by atoms with E-state index in [1.165, 1.54) is 0 Å². The Balaban J connectivity index is 2.16. The Morgan fingerprint density at radius 2 is 2.35 bits per heavy atom. The molecule has 1 rings (SSSR count). The van der Waals surface area contributed by atoms with E-state index in [0.717, 1.165) is 13.2 Å². The number of carbonyl (C=O) groups is 1. The van der Waals surface area contributed by atoms with Crippen LogP contribution in [0.3, 0.4) is 0 Å². The summed E-state index contributed by atoms with van der Waals surface area (Å²) in [5.74, 6) is 0.139. The molecule has 100 valence electrons. The van der Waals surface area contributed by atoms with E-state index in [-0.39, 0.29) is 18.1 Å². The highest BCUT2D eigenvalue weighted by Crippen LogP contribution is 2.01. The molecule has 0 spiro atoms. The maximum atomic E-state index is 11.9. The van der Waals surface area contributed by atoms with Crippen LogP contribution in [0.25, 0.3) is 0 Å². The quantitative estimate of drug-likeness (QED) is 0.727. The molecule has 0 aromatic heterocycles. The number of hydrogen-bond donors (Lipinski definition) is 1. The minimum Gasteiger partial charge on any atom is -0.378 e. The van der Waals surface area contributed by atoms with E-state index in [2.05, 4.69) is 5.32 Å². The number of morpholine rings is 1. The summed E-state index contributed by atoms with van der Waals surface area (Å²) < 4.78 is 10.7. The van der Waals surface area contributed by atoms with Crippen LogP contribution in [-0.2, 0) is 14.3 Å². The number of ether oxygens (including phenoxy) is 2. The van der Waals surface area contributed by atoms with Crippen LogP contribution in [0.15, 0.2) is 0 Å². The first-order valence-corrected chi connectivity index (χ1v) is 6.26. The molecule has 5 heteroatoms. The van der Waals surface area contributed by atoms with Crippen LogP contribution in [0.4, 0.5) is 0 Å². The molecule has 1 fully saturated rings. The Morgan fingerprint density at radius 1 is 1.59 bits per heavy atom. The van der Waals surface area contributed by atoms with Crippen molar-refractivity contribution in [3.05, 3.63) is 0 Å². The number of nitrogens with one attached hydrogen (secondary N) is 1. The van der Waals surface area contributed by atoms with Crippen LogP contribution < -0.4 is 5.32 Å². The fourth-order valence-electron chi connectivity index (χ4n) is 1.67. The molecular weight excluding hydrogens is 220 g/mol. The summed E-state index contributed by atoms with van der Waals surface area (Å²) in [5, 5.41) is 3.28. The number of hydrogen-bond acceptors (Lipinski definition) is 4. The molecule has 1 saturated heterocycles. The first-order valence-electron chi connectivity index (χ1n) is 6.26. The van der Waals surface area contributed by atoms with Crippen molar-refractivity contribution in [2.45, 2.75) is 32.4 Å². The van der Waals surface area contributed by atoms with Gasteiger partial charge in [0, 0.05) is 32.6 Å². The molecule has 0 aromatic rings. The van der Waals surface area contributed by atoms with Gasteiger partial charge in [-0.25, -0.2) is 0 Å². The highest BCUT2D eigenvalue weighted by Gasteiger charge is 2.18. The van der Waals surface area contributed by atoms with E-state index < -0.39 is 0 Å². The van der Waals surface area contributed by atoms with Crippen LogP contribution in [-0.4, -0.2) is 62.9 Å². The fraction of sp³-hybridized carbons (Fsp3) is 0.917. The van der Waals surface area contributed by atoms with Crippen molar-refractivity contribution in [3.63, 3.8) is 0 Å². The minimum absolute atomic E-state index is 0.139. The SMILES string of the molecule is CC(C)OCCN(C)C(=O)CC1COCCN1. The fourth-order valence-corrected chi connectivity index (χ4v) is 1.67. The van der Waals surface area contributed by atoms with Gasteiger partial charge in [0.1, 0.15) is 0 Å². The first kappa shape index (κ1) is 14.4. The zero-order valence-corrected chi connectivity index (χ0v) is 11.1. The second kappa shape index (κ2) is 7.63. The summed E-state index contributed by atoms with van der Waals surface area (Å²) in [7, 11) is 1.82. The van der Waals surface area contributed by atoms with Gasteiger partial charge in [-0.1, -0.05) is 0 Å². The van der Waals surface area contributed by atoms with Crippen LogP contribution in [0, 0.1) is 0 Å². The summed E-state index contributed by atoms with van der Waals surface area (Å²) in [5.41, 5.74) is 0. The van der Waals surface area contributed by atoms with Crippen molar-refractivity contribution < 1.29 is 14.3 Å². The zero-order valence-electron chi connectivity index (χ0n) is 11.1. The summed E-state index contributed by atoms with van der Waals surface area (Å²) in [6.07, 6.45) is 0.713. The Kier molecular flexibility index (Phi) is 6.47.